The molecule has 0 saturated carbocycles. The highest BCUT2D eigenvalue weighted by molar-refractivity contribution is 9.10. The van der Waals surface area contributed by atoms with Crippen LogP contribution in [0.5, 0.6) is 0 Å². The number of aromatic nitrogens is 3. The maximum Gasteiger partial charge on any atom is 0.0945 e. The quantitative estimate of drug-likeness (QED) is 0.831. The van der Waals surface area contributed by atoms with Crippen molar-refractivity contribution in [2.75, 3.05) is 6.54 Å². The molecule has 90 valence electrons. The lowest BCUT2D eigenvalue weighted by atomic mass is 10.3. The predicted octanol–water partition coefficient (Wildman–Crippen LogP) is 2.22. The molecule has 0 atom stereocenters. The van der Waals surface area contributed by atoms with Crippen molar-refractivity contribution >= 4 is 15.9 Å². The maximum atomic E-state index is 4.30. The van der Waals surface area contributed by atoms with E-state index in [0.717, 1.165) is 36.2 Å². The summed E-state index contributed by atoms with van der Waals surface area (Å²) in [7, 11) is 0. The molecule has 0 bridgehead atoms. The van der Waals surface area contributed by atoms with Crippen LogP contribution in [-0.4, -0.2) is 21.1 Å². The van der Waals surface area contributed by atoms with E-state index in [1.165, 1.54) is 0 Å². The summed E-state index contributed by atoms with van der Waals surface area (Å²) in [6.07, 6.45) is 8.54. The number of aryl methyl sites for hydroxylation is 1. The van der Waals surface area contributed by atoms with Crippen LogP contribution in [0.1, 0.15) is 12.1 Å². The van der Waals surface area contributed by atoms with E-state index in [1.807, 2.05) is 30.9 Å². The van der Waals surface area contributed by atoms with Gasteiger partial charge in [-0.25, -0.2) is 4.98 Å². The molecular formula is C12H15BrN4. The fourth-order valence-corrected chi connectivity index (χ4v) is 1.77. The summed E-state index contributed by atoms with van der Waals surface area (Å²) < 4.78 is 3.10. The molecule has 0 aliphatic rings. The van der Waals surface area contributed by atoms with Gasteiger partial charge in [0.25, 0.3) is 0 Å². The molecule has 17 heavy (non-hydrogen) atoms. The van der Waals surface area contributed by atoms with E-state index in [0.29, 0.717) is 0 Å². The first kappa shape index (κ1) is 12.3. The summed E-state index contributed by atoms with van der Waals surface area (Å²) in [6, 6.07) is 4.03. The van der Waals surface area contributed by atoms with E-state index in [2.05, 4.69) is 35.8 Å². The number of nitrogens with zero attached hydrogens (tertiary/aromatic N) is 3. The summed E-state index contributed by atoms with van der Waals surface area (Å²) >= 11 is 3.37. The normalized spacial score (nSPS) is 10.6. The van der Waals surface area contributed by atoms with Gasteiger partial charge < -0.3 is 9.88 Å². The van der Waals surface area contributed by atoms with Gasteiger partial charge >= 0.3 is 0 Å². The minimum absolute atomic E-state index is 0.817. The van der Waals surface area contributed by atoms with Gasteiger partial charge in [0.05, 0.1) is 12.0 Å². The van der Waals surface area contributed by atoms with Crippen LogP contribution >= 0.6 is 15.9 Å². The highest BCUT2D eigenvalue weighted by atomic mass is 79.9. The Bertz CT molecular complexity index is 424. The van der Waals surface area contributed by atoms with E-state index < -0.39 is 0 Å². The van der Waals surface area contributed by atoms with E-state index in [4.69, 9.17) is 0 Å². The van der Waals surface area contributed by atoms with Gasteiger partial charge in [0.2, 0.25) is 0 Å². The highest BCUT2D eigenvalue weighted by Crippen LogP contribution is 2.06. The lowest BCUT2D eigenvalue weighted by Crippen LogP contribution is -2.16. The molecular weight excluding hydrogens is 280 g/mol. The van der Waals surface area contributed by atoms with Crippen molar-refractivity contribution < 1.29 is 0 Å². The van der Waals surface area contributed by atoms with Gasteiger partial charge in [-0.1, -0.05) is 0 Å². The van der Waals surface area contributed by atoms with Crippen molar-refractivity contribution in [1.29, 1.82) is 0 Å². The molecule has 0 saturated heterocycles. The summed E-state index contributed by atoms with van der Waals surface area (Å²) in [5.41, 5.74) is 1.07. The number of halogens is 1. The van der Waals surface area contributed by atoms with Gasteiger partial charge in [-0.05, 0) is 41.0 Å². The van der Waals surface area contributed by atoms with Crippen molar-refractivity contribution in [2.45, 2.75) is 19.5 Å². The Kier molecular flexibility index (Phi) is 4.70. The lowest BCUT2D eigenvalue weighted by molar-refractivity contribution is 0.577. The lowest BCUT2D eigenvalue weighted by Gasteiger charge is -2.05. The number of nitrogens with one attached hydrogen (secondary N) is 1. The minimum Gasteiger partial charge on any atom is -0.337 e. The van der Waals surface area contributed by atoms with Crippen LogP contribution in [0.2, 0.25) is 0 Å². The number of pyridine rings is 1. The first-order chi connectivity index (χ1) is 8.34. The largest absolute Gasteiger partial charge is 0.337 e. The van der Waals surface area contributed by atoms with Crippen LogP contribution < -0.4 is 5.32 Å². The second-order valence-electron chi connectivity index (χ2n) is 3.80. The molecule has 0 fully saturated rings. The molecule has 2 heterocycles. The predicted molar refractivity (Wildman–Crippen MR) is 70.5 cm³/mol. The van der Waals surface area contributed by atoms with Crippen molar-refractivity contribution in [1.82, 2.24) is 19.9 Å². The average Bonchev–Trinajstić information content (AvgIpc) is 2.84. The summed E-state index contributed by atoms with van der Waals surface area (Å²) in [6.45, 7) is 2.80. The molecule has 5 heteroatoms. The van der Waals surface area contributed by atoms with Gasteiger partial charge in [0.1, 0.15) is 0 Å². The molecule has 2 rings (SSSR count). The first-order valence-corrected chi connectivity index (χ1v) is 6.41. The molecule has 1 N–H and O–H groups in total. The molecule has 0 spiro atoms. The van der Waals surface area contributed by atoms with Crippen molar-refractivity contribution in [3.05, 3.63) is 47.2 Å². The average molecular weight is 295 g/mol. The Morgan fingerprint density at radius 1 is 1.35 bits per heavy atom. The third-order valence-corrected chi connectivity index (χ3v) is 2.89. The third kappa shape index (κ3) is 4.28. The SMILES string of the molecule is Brc1ccc(CNCCCn2ccnc2)nc1. The van der Waals surface area contributed by atoms with Gasteiger partial charge in [-0.2, -0.15) is 0 Å². The van der Waals surface area contributed by atoms with Gasteiger partial charge in [0.15, 0.2) is 0 Å². The molecule has 0 radical (unpaired) electrons. The van der Waals surface area contributed by atoms with Crippen molar-refractivity contribution in [2.24, 2.45) is 0 Å². The third-order valence-electron chi connectivity index (χ3n) is 2.42. The molecule has 2 aromatic rings. The highest BCUT2D eigenvalue weighted by Gasteiger charge is 1.94. The summed E-state index contributed by atoms with van der Waals surface area (Å²) in [5, 5.41) is 3.37. The zero-order valence-electron chi connectivity index (χ0n) is 9.51. The molecule has 0 amide bonds. The second-order valence-corrected chi connectivity index (χ2v) is 4.71. The zero-order valence-corrected chi connectivity index (χ0v) is 11.1. The molecule has 4 nitrogen and oxygen atoms in total. The molecule has 0 unspecified atom stereocenters. The number of imidazole rings is 1. The van der Waals surface area contributed by atoms with Crippen LogP contribution in [-0.2, 0) is 13.1 Å². The Hall–Kier alpha value is -1.20. The van der Waals surface area contributed by atoms with Crippen molar-refractivity contribution in [3.8, 4) is 0 Å². The number of rotatable bonds is 6. The molecule has 2 aromatic heterocycles. The Labute approximate surface area is 109 Å². The summed E-state index contributed by atoms with van der Waals surface area (Å²) in [4.78, 5) is 8.31. The van der Waals surface area contributed by atoms with E-state index in [1.54, 1.807) is 6.20 Å². The fraction of sp³-hybridized carbons (Fsp3) is 0.333. The smallest absolute Gasteiger partial charge is 0.0945 e. The topological polar surface area (TPSA) is 42.7 Å². The van der Waals surface area contributed by atoms with Gasteiger partial charge in [-0.3, -0.25) is 4.98 Å². The van der Waals surface area contributed by atoms with Crippen LogP contribution in [0.15, 0.2) is 41.5 Å². The van der Waals surface area contributed by atoms with E-state index >= 15 is 0 Å². The Balaban J connectivity index is 1.61. The number of hydrogen-bond acceptors (Lipinski definition) is 3. The van der Waals surface area contributed by atoms with Gasteiger partial charge in [0, 0.05) is 36.2 Å². The number of hydrogen-bond donors (Lipinski definition) is 1. The fourth-order valence-electron chi connectivity index (χ4n) is 1.53. The Morgan fingerprint density at radius 2 is 2.29 bits per heavy atom. The molecule has 0 aliphatic carbocycles. The van der Waals surface area contributed by atoms with Crippen LogP contribution in [0, 0.1) is 0 Å². The first-order valence-electron chi connectivity index (χ1n) is 5.61. The van der Waals surface area contributed by atoms with Crippen molar-refractivity contribution in [3.63, 3.8) is 0 Å². The van der Waals surface area contributed by atoms with Crippen LogP contribution in [0.25, 0.3) is 0 Å². The standard InChI is InChI=1S/C12H15BrN4/c13-11-2-3-12(16-8-11)9-14-4-1-6-17-7-5-15-10-17/h2-3,5,7-8,10,14H,1,4,6,9H2. The second kappa shape index (κ2) is 6.51. The van der Waals surface area contributed by atoms with E-state index in [9.17, 15) is 0 Å². The van der Waals surface area contributed by atoms with Crippen LogP contribution in [0.3, 0.4) is 0 Å². The van der Waals surface area contributed by atoms with Gasteiger partial charge in [-0.15, -0.1) is 0 Å². The molecule has 0 aromatic carbocycles. The van der Waals surface area contributed by atoms with Crippen LogP contribution in [0.4, 0.5) is 0 Å². The monoisotopic (exact) mass is 294 g/mol. The molecule has 0 aliphatic heterocycles. The Morgan fingerprint density at radius 3 is 3.00 bits per heavy atom. The minimum atomic E-state index is 0.817. The van der Waals surface area contributed by atoms with E-state index in [-0.39, 0.29) is 0 Å². The zero-order chi connectivity index (χ0) is 11.9. The summed E-state index contributed by atoms with van der Waals surface area (Å²) in [5.74, 6) is 0. The maximum absolute atomic E-state index is 4.30.